The molecule has 0 amide bonds. The van der Waals surface area contributed by atoms with Gasteiger partial charge in [-0.25, -0.2) is 4.39 Å². The highest BCUT2D eigenvalue weighted by atomic mass is 19.1. The van der Waals surface area contributed by atoms with Gasteiger partial charge in [0.2, 0.25) is 0 Å². The lowest BCUT2D eigenvalue weighted by Crippen LogP contribution is -2.40. The van der Waals surface area contributed by atoms with Crippen molar-refractivity contribution in [1.29, 1.82) is 0 Å². The second-order valence-electron chi connectivity index (χ2n) is 7.07. The first-order valence-electron chi connectivity index (χ1n) is 8.64. The van der Waals surface area contributed by atoms with Crippen LogP contribution in [0.3, 0.4) is 0 Å². The van der Waals surface area contributed by atoms with E-state index < -0.39 is 0 Å². The highest BCUT2D eigenvalue weighted by Crippen LogP contribution is 2.23. The zero-order chi connectivity index (χ0) is 19.0. The molecule has 2 atom stereocenters. The van der Waals surface area contributed by atoms with Crippen LogP contribution >= 0.6 is 0 Å². The zero-order valence-electron chi connectivity index (χ0n) is 16.4. The van der Waals surface area contributed by atoms with Gasteiger partial charge in [-0.15, -0.1) is 0 Å². The average molecular weight is 353 g/mol. The normalized spacial score (nSPS) is 14.8. The van der Waals surface area contributed by atoms with Gasteiger partial charge in [0.25, 0.3) is 0 Å². The van der Waals surface area contributed by atoms with E-state index in [1.165, 1.54) is 13.2 Å². The maximum Gasteiger partial charge on any atom is 0.191 e. The summed E-state index contributed by atoms with van der Waals surface area (Å²) in [6.07, 6.45) is 0.0108. The lowest BCUT2D eigenvalue weighted by atomic mass is 9.89. The summed E-state index contributed by atoms with van der Waals surface area (Å²) in [7, 11) is 3.16. The molecule has 142 valence electrons. The van der Waals surface area contributed by atoms with Crippen LogP contribution in [0.4, 0.5) is 4.39 Å². The van der Waals surface area contributed by atoms with Crippen LogP contribution in [-0.2, 0) is 4.74 Å². The van der Waals surface area contributed by atoms with E-state index in [2.05, 4.69) is 36.4 Å². The molecule has 25 heavy (non-hydrogen) atoms. The molecule has 0 spiro atoms. The number of guanidine groups is 1. The number of rotatable bonds is 7. The maximum absolute atomic E-state index is 13.9. The third-order valence-electron chi connectivity index (χ3n) is 4.04. The van der Waals surface area contributed by atoms with E-state index in [9.17, 15) is 4.39 Å². The van der Waals surface area contributed by atoms with Crippen LogP contribution in [0.15, 0.2) is 23.2 Å². The minimum Gasteiger partial charge on any atom is -0.494 e. The summed E-state index contributed by atoms with van der Waals surface area (Å²) in [5.41, 5.74) is 0.823. The summed E-state index contributed by atoms with van der Waals surface area (Å²) >= 11 is 0. The molecular weight excluding hydrogens is 321 g/mol. The Bertz CT molecular complexity index is 570. The Balaban J connectivity index is 2.85. The first-order valence-corrected chi connectivity index (χ1v) is 8.64. The molecule has 0 aliphatic carbocycles. The number of halogens is 1. The number of hydrogen-bond acceptors (Lipinski definition) is 3. The van der Waals surface area contributed by atoms with Crippen LogP contribution < -0.4 is 15.4 Å². The smallest absolute Gasteiger partial charge is 0.191 e. The molecule has 0 fully saturated rings. The molecule has 0 heterocycles. The van der Waals surface area contributed by atoms with E-state index in [0.29, 0.717) is 12.5 Å². The van der Waals surface area contributed by atoms with Gasteiger partial charge >= 0.3 is 0 Å². The molecule has 0 saturated carbocycles. The third-order valence-corrected chi connectivity index (χ3v) is 4.04. The number of methoxy groups -OCH3 is 2. The van der Waals surface area contributed by atoms with E-state index in [1.807, 2.05) is 19.9 Å². The van der Waals surface area contributed by atoms with Gasteiger partial charge in [-0.1, -0.05) is 26.8 Å². The van der Waals surface area contributed by atoms with Crippen molar-refractivity contribution in [2.24, 2.45) is 10.4 Å². The van der Waals surface area contributed by atoms with Crippen molar-refractivity contribution in [2.45, 2.75) is 46.8 Å². The number of hydrogen-bond donors (Lipinski definition) is 2. The van der Waals surface area contributed by atoms with Crippen LogP contribution in [0.2, 0.25) is 0 Å². The van der Waals surface area contributed by atoms with Crippen LogP contribution in [0.5, 0.6) is 5.75 Å². The standard InChI is InChI=1S/C19H32FN3O2/c1-8-21-18(22-12-17(25-7)19(3,4)5)23-13(2)14-9-10-16(24-6)15(20)11-14/h9-11,13,17H,8,12H2,1-7H3,(H2,21,22,23). The number of aliphatic imine (C=N–C) groups is 1. The molecule has 2 unspecified atom stereocenters. The highest BCUT2D eigenvalue weighted by Gasteiger charge is 2.24. The van der Waals surface area contributed by atoms with Crippen molar-refractivity contribution in [3.05, 3.63) is 29.6 Å². The van der Waals surface area contributed by atoms with E-state index in [4.69, 9.17) is 9.47 Å². The Kier molecular flexibility index (Phi) is 8.16. The van der Waals surface area contributed by atoms with Gasteiger partial charge in [-0.05, 0) is 37.0 Å². The van der Waals surface area contributed by atoms with Crippen LogP contribution in [-0.4, -0.2) is 39.4 Å². The van der Waals surface area contributed by atoms with Crippen LogP contribution in [0.25, 0.3) is 0 Å². The van der Waals surface area contributed by atoms with Crippen molar-refractivity contribution in [1.82, 2.24) is 10.6 Å². The lowest BCUT2D eigenvalue weighted by Gasteiger charge is -2.28. The second-order valence-corrected chi connectivity index (χ2v) is 7.07. The fourth-order valence-electron chi connectivity index (χ4n) is 2.44. The van der Waals surface area contributed by atoms with Crippen LogP contribution in [0, 0.1) is 11.2 Å². The minimum absolute atomic E-state index is 0.000300. The topological polar surface area (TPSA) is 54.9 Å². The highest BCUT2D eigenvalue weighted by molar-refractivity contribution is 5.80. The average Bonchev–Trinajstić information content (AvgIpc) is 2.54. The van der Waals surface area contributed by atoms with Crippen molar-refractivity contribution in [2.75, 3.05) is 27.3 Å². The molecule has 0 bridgehead atoms. The van der Waals surface area contributed by atoms with E-state index in [-0.39, 0.29) is 29.1 Å². The SMILES string of the molecule is CCNC(=NCC(OC)C(C)(C)C)NC(C)c1ccc(OC)c(F)c1. The molecule has 0 aromatic heterocycles. The fourth-order valence-corrected chi connectivity index (χ4v) is 2.44. The molecule has 1 rings (SSSR count). The van der Waals surface area contributed by atoms with Gasteiger partial charge in [0.05, 0.1) is 25.8 Å². The molecule has 6 heteroatoms. The predicted octanol–water partition coefficient (Wildman–Crippen LogP) is 3.51. The molecule has 0 aliphatic rings. The third kappa shape index (κ3) is 6.53. The maximum atomic E-state index is 13.9. The quantitative estimate of drug-likeness (QED) is 0.582. The van der Waals surface area contributed by atoms with Gasteiger partial charge in [0.1, 0.15) is 0 Å². The molecule has 1 aromatic rings. The van der Waals surface area contributed by atoms with Crippen molar-refractivity contribution in [3.63, 3.8) is 0 Å². The zero-order valence-corrected chi connectivity index (χ0v) is 16.4. The predicted molar refractivity (Wildman–Crippen MR) is 101 cm³/mol. The summed E-state index contributed by atoms with van der Waals surface area (Å²) in [4.78, 5) is 4.62. The van der Waals surface area contributed by atoms with Crippen LogP contribution in [0.1, 0.15) is 46.2 Å². The van der Waals surface area contributed by atoms with Gasteiger partial charge in [-0.2, -0.15) is 0 Å². The summed E-state index contributed by atoms with van der Waals surface area (Å²) in [6.45, 7) is 11.6. The van der Waals surface area contributed by atoms with Gasteiger partial charge in [0, 0.05) is 13.7 Å². The lowest BCUT2D eigenvalue weighted by molar-refractivity contribution is 0.0241. The molecule has 0 radical (unpaired) electrons. The molecule has 0 aliphatic heterocycles. The van der Waals surface area contributed by atoms with E-state index in [0.717, 1.165) is 12.1 Å². The number of nitrogens with one attached hydrogen (secondary N) is 2. The second kappa shape index (κ2) is 9.61. The summed E-state index contributed by atoms with van der Waals surface area (Å²) in [5.74, 6) is 0.546. The monoisotopic (exact) mass is 353 g/mol. The Morgan fingerprint density at radius 3 is 2.44 bits per heavy atom. The first kappa shape index (κ1) is 21.2. The van der Waals surface area contributed by atoms with E-state index >= 15 is 0 Å². The number of ether oxygens (including phenoxy) is 2. The largest absolute Gasteiger partial charge is 0.494 e. The Labute approximate surface area is 151 Å². The minimum atomic E-state index is -0.372. The van der Waals surface area contributed by atoms with Crippen molar-refractivity contribution in [3.8, 4) is 5.75 Å². The van der Waals surface area contributed by atoms with Crippen molar-refractivity contribution >= 4 is 5.96 Å². The Hall–Kier alpha value is -1.82. The molecule has 2 N–H and O–H groups in total. The van der Waals surface area contributed by atoms with Crippen molar-refractivity contribution < 1.29 is 13.9 Å². The Morgan fingerprint density at radius 1 is 1.28 bits per heavy atom. The molecule has 5 nitrogen and oxygen atoms in total. The first-order chi connectivity index (χ1) is 11.7. The molecule has 1 aromatic carbocycles. The summed E-state index contributed by atoms with van der Waals surface area (Å²) in [6, 6.07) is 4.85. The van der Waals surface area contributed by atoms with Gasteiger partial charge in [0.15, 0.2) is 17.5 Å². The Morgan fingerprint density at radius 2 is 1.96 bits per heavy atom. The molecular formula is C19H32FN3O2. The van der Waals surface area contributed by atoms with Gasteiger partial charge in [-0.3, -0.25) is 4.99 Å². The molecule has 0 saturated heterocycles. The summed E-state index contributed by atoms with van der Waals surface area (Å²) < 4.78 is 24.4. The van der Waals surface area contributed by atoms with E-state index in [1.54, 1.807) is 13.2 Å². The van der Waals surface area contributed by atoms with Gasteiger partial charge < -0.3 is 20.1 Å². The fraction of sp³-hybridized carbons (Fsp3) is 0.632. The number of benzene rings is 1. The summed E-state index contributed by atoms with van der Waals surface area (Å²) in [5, 5.41) is 6.52. The number of nitrogens with zero attached hydrogens (tertiary/aromatic N) is 1.